The zero-order valence-electron chi connectivity index (χ0n) is 16.0. The van der Waals surface area contributed by atoms with Crippen molar-refractivity contribution < 1.29 is 13.5 Å². The van der Waals surface area contributed by atoms with Gasteiger partial charge in [0.05, 0.1) is 12.6 Å². The van der Waals surface area contributed by atoms with E-state index in [2.05, 4.69) is 25.6 Å². The molecule has 29 heavy (non-hydrogen) atoms. The van der Waals surface area contributed by atoms with Gasteiger partial charge in [0.2, 0.25) is 5.95 Å². The number of aromatic nitrogens is 3. The number of nitrogens with zero attached hydrogens (tertiary/aromatic N) is 2. The Morgan fingerprint density at radius 1 is 1.10 bits per heavy atom. The van der Waals surface area contributed by atoms with E-state index in [1.54, 1.807) is 19.4 Å². The Labute approximate surface area is 164 Å². The Kier molecular flexibility index (Phi) is 4.63. The maximum absolute atomic E-state index is 14.2. The van der Waals surface area contributed by atoms with Gasteiger partial charge in [-0.3, -0.25) is 4.98 Å². The number of hydrogen-bond donors (Lipinski definition) is 3. The summed E-state index contributed by atoms with van der Waals surface area (Å²) < 4.78 is 24.3. The van der Waals surface area contributed by atoms with Gasteiger partial charge in [0.1, 0.15) is 11.6 Å². The van der Waals surface area contributed by atoms with Crippen molar-refractivity contribution in [1.82, 2.24) is 15.0 Å². The number of anilines is 4. The predicted octanol–water partition coefficient (Wildman–Crippen LogP) is 4.16. The van der Waals surface area contributed by atoms with Crippen LogP contribution in [0.1, 0.15) is 11.1 Å². The second-order valence-corrected chi connectivity index (χ2v) is 6.56. The number of rotatable bonds is 5. The van der Waals surface area contributed by atoms with Gasteiger partial charge in [0, 0.05) is 35.3 Å². The Bertz CT molecular complexity index is 1260. The molecule has 3 N–H and O–H groups in total. The first-order chi connectivity index (χ1) is 13.9. The smallest absolute Gasteiger partial charge is 0.417 e. The van der Waals surface area contributed by atoms with Gasteiger partial charge in [-0.15, -0.1) is 0 Å². The van der Waals surface area contributed by atoms with Crippen molar-refractivity contribution in [2.75, 3.05) is 17.7 Å². The van der Waals surface area contributed by atoms with Crippen molar-refractivity contribution in [3.05, 3.63) is 64.0 Å². The topological polar surface area (TPSA) is 105 Å². The van der Waals surface area contributed by atoms with E-state index in [0.717, 1.165) is 22.6 Å². The molecule has 8 nitrogen and oxygen atoms in total. The second kappa shape index (κ2) is 7.27. The summed E-state index contributed by atoms with van der Waals surface area (Å²) in [7, 11) is 1.60. The van der Waals surface area contributed by atoms with E-state index in [1.807, 2.05) is 32.0 Å². The molecule has 0 fully saturated rings. The summed E-state index contributed by atoms with van der Waals surface area (Å²) in [4.78, 5) is 22.5. The van der Waals surface area contributed by atoms with E-state index in [-0.39, 0.29) is 11.1 Å². The van der Waals surface area contributed by atoms with Crippen LogP contribution in [0.3, 0.4) is 0 Å². The first-order valence-corrected chi connectivity index (χ1v) is 8.77. The highest BCUT2D eigenvalue weighted by atomic mass is 19.1. The third-order valence-corrected chi connectivity index (χ3v) is 4.25. The molecule has 0 saturated carbocycles. The fourth-order valence-corrected chi connectivity index (χ4v) is 2.92. The zero-order valence-corrected chi connectivity index (χ0v) is 16.0. The molecule has 2 heterocycles. The normalized spacial score (nSPS) is 10.9. The fraction of sp³-hybridized carbons (Fsp3) is 0.150. The Hall–Kier alpha value is -3.88. The summed E-state index contributed by atoms with van der Waals surface area (Å²) in [6, 6.07) is 8.50. The predicted molar refractivity (Wildman–Crippen MR) is 108 cm³/mol. The zero-order chi connectivity index (χ0) is 20.5. The second-order valence-electron chi connectivity index (χ2n) is 6.56. The number of halogens is 1. The highest BCUT2D eigenvalue weighted by Crippen LogP contribution is 2.26. The maximum Gasteiger partial charge on any atom is 0.417 e. The van der Waals surface area contributed by atoms with Gasteiger partial charge in [-0.05, 0) is 37.6 Å². The maximum atomic E-state index is 14.2. The van der Waals surface area contributed by atoms with Crippen molar-refractivity contribution in [3.8, 4) is 5.75 Å². The lowest BCUT2D eigenvalue weighted by molar-refractivity contribution is 0.414. The van der Waals surface area contributed by atoms with Crippen LogP contribution in [0.2, 0.25) is 0 Å². The standard InChI is InChI=1S/C20H18FN5O3/c1-10-4-12(6-14(5-10)28-3)24-19-22-9-11(2)18(26-19)23-13-7-15(21)17-16(8-13)25-20(27)29-17/h4-9H,1-3H3,(H,25,27)(H2,22,23,24,26). The van der Waals surface area contributed by atoms with Gasteiger partial charge in [-0.2, -0.15) is 4.98 Å². The van der Waals surface area contributed by atoms with Crippen molar-refractivity contribution in [1.29, 1.82) is 0 Å². The summed E-state index contributed by atoms with van der Waals surface area (Å²) in [5.41, 5.74) is 3.12. The summed E-state index contributed by atoms with van der Waals surface area (Å²) in [6.45, 7) is 3.79. The minimum Gasteiger partial charge on any atom is -0.497 e. The quantitative estimate of drug-likeness (QED) is 0.466. The molecule has 148 valence electrons. The van der Waals surface area contributed by atoms with E-state index in [9.17, 15) is 9.18 Å². The summed E-state index contributed by atoms with van der Waals surface area (Å²) in [5, 5.41) is 6.19. The number of fused-ring (bicyclic) bond motifs is 1. The Balaban J connectivity index is 1.64. The number of nitrogens with one attached hydrogen (secondary N) is 3. The molecule has 0 aliphatic heterocycles. The average molecular weight is 395 g/mol. The molecule has 0 amide bonds. The van der Waals surface area contributed by atoms with Crippen LogP contribution in [0.4, 0.5) is 27.5 Å². The van der Waals surface area contributed by atoms with Crippen LogP contribution >= 0.6 is 0 Å². The van der Waals surface area contributed by atoms with Crippen LogP contribution in [0.15, 0.2) is 45.7 Å². The Morgan fingerprint density at radius 3 is 2.69 bits per heavy atom. The molecule has 2 aromatic carbocycles. The number of hydrogen-bond acceptors (Lipinski definition) is 7. The monoisotopic (exact) mass is 395 g/mol. The van der Waals surface area contributed by atoms with Crippen molar-refractivity contribution in [2.45, 2.75) is 13.8 Å². The summed E-state index contributed by atoms with van der Waals surface area (Å²) in [5.74, 6) is 0.209. The molecule has 0 bridgehead atoms. The minimum atomic E-state index is -0.714. The lowest BCUT2D eigenvalue weighted by atomic mass is 10.2. The van der Waals surface area contributed by atoms with Crippen LogP contribution in [0.25, 0.3) is 11.1 Å². The van der Waals surface area contributed by atoms with Crippen LogP contribution in [0, 0.1) is 19.7 Å². The van der Waals surface area contributed by atoms with Crippen LogP contribution < -0.4 is 21.1 Å². The number of methoxy groups -OCH3 is 1. The van der Waals surface area contributed by atoms with Crippen molar-refractivity contribution >= 4 is 34.2 Å². The average Bonchev–Trinajstić information content (AvgIpc) is 3.05. The number of oxazole rings is 1. The van der Waals surface area contributed by atoms with Crippen LogP contribution in [0.5, 0.6) is 5.75 Å². The third-order valence-electron chi connectivity index (χ3n) is 4.25. The third kappa shape index (κ3) is 3.88. The highest BCUT2D eigenvalue weighted by molar-refractivity contribution is 5.79. The van der Waals surface area contributed by atoms with E-state index >= 15 is 0 Å². The first-order valence-electron chi connectivity index (χ1n) is 8.77. The molecule has 0 aliphatic rings. The summed E-state index contributed by atoms with van der Waals surface area (Å²) in [6.07, 6.45) is 1.65. The Morgan fingerprint density at radius 2 is 1.90 bits per heavy atom. The minimum absolute atomic E-state index is 0.115. The molecule has 0 atom stereocenters. The lowest BCUT2D eigenvalue weighted by Gasteiger charge is -2.12. The van der Waals surface area contributed by atoms with Gasteiger partial charge in [0.15, 0.2) is 11.4 Å². The van der Waals surface area contributed by atoms with Crippen molar-refractivity contribution in [3.63, 3.8) is 0 Å². The summed E-state index contributed by atoms with van der Waals surface area (Å²) >= 11 is 0. The van der Waals surface area contributed by atoms with E-state index < -0.39 is 11.6 Å². The lowest BCUT2D eigenvalue weighted by Crippen LogP contribution is -2.03. The number of aromatic amines is 1. The fourth-order valence-electron chi connectivity index (χ4n) is 2.92. The first kappa shape index (κ1) is 18.5. The van der Waals surface area contributed by atoms with Crippen LogP contribution in [-0.4, -0.2) is 22.1 Å². The van der Waals surface area contributed by atoms with Gasteiger partial charge in [-0.1, -0.05) is 0 Å². The SMILES string of the molecule is COc1cc(C)cc(Nc2ncc(C)c(Nc3cc(F)c4oc(=O)[nH]c4c3)n2)c1. The molecule has 2 aromatic heterocycles. The van der Waals surface area contributed by atoms with Gasteiger partial charge in [-0.25, -0.2) is 14.2 Å². The molecule has 4 aromatic rings. The molecular formula is C20H18FN5O3. The van der Waals surface area contributed by atoms with Gasteiger partial charge in [0.25, 0.3) is 0 Å². The van der Waals surface area contributed by atoms with E-state index in [1.165, 1.54) is 6.07 Å². The molecule has 9 heteroatoms. The van der Waals surface area contributed by atoms with Gasteiger partial charge >= 0.3 is 5.76 Å². The van der Waals surface area contributed by atoms with Gasteiger partial charge < -0.3 is 19.8 Å². The number of H-pyrrole nitrogens is 1. The van der Waals surface area contributed by atoms with E-state index in [4.69, 9.17) is 9.15 Å². The molecule has 0 spiro atoms. The molecule has 0 saturated heterocycles. The van der Waals surface area contributed by atoms with Crippen LogP contribution in [-0.2, 0) is 0 Å². The number of benzene rings is 2. The molecule has 0 radical (unpaired) electrons. The van der Waals surface area contributed by atoms with Crippen molar-refractivity contribution in [2.24, 2.45) is 0 Å². The molecule has 0 aliphatic carbocycles. The molecule has 4 rings (SSSR count). The number of ether oxygens (including phenoxy) is 1. The molecular weight excluding hydrogens is 377 g/mol. The van der Waals surface area contributed by atoms with E-state index in [0.29, 0.717) is 17.5 Å². The number of aryl methyl sites for hydroxylation is 2. The molecule has 0 unspecified atom stereocenters. The highest BCUT2D eigenvalue weighted by Gasteiger charge is 2.12. The largest absolute Gasteiger partial charge is 0.497 e.